The van der Waals surface area contributed by atoms with Crippen LogP contribution in [0.1, 0.15) is 17.7 Å². The van der Waals surface area contributed by atoms with E-state index in [2.05, 4.69) is 32.9 Å². The van der Waals surface area contributed by atoms with Gasteiger partial charge >= 0.3 is 0 Å². The summed E-state index contributed by atoms with van der Waals surface area (Å²) in [5, 5.41) is 0.875. The van der Waals surface area contributed by atoms with Crippen molar-refractivity contribution in [3.8, 4) is 0 Å². The maximum atomic E-state index is 5.75. The molecule has 3 aromatic rings. The van der Waals surface area contributed by atoms with Gasteiger partial charge in [-0.15, -0.1) is 48.2 Å². The Labute approximate surface area is 173 Å². The molecule has 0 spiro atoms. The minimum absolute atomic E-state index is 0. The molecule has 136 valence electrons. The molecule has 0 saturated carbocycles. The molecule has 0 aliphatic carbocycles. The van der Waals surface area contributed by atoms with Gasteiger partial charge in [0.15, 0.2) is 10.8 Å². The second kappa shape index (κ2) is 11.1. The molecule has 0 aliphatic rings. The number of fused-ring (bicyclic) bond motifs is 1. The van der Waals surface area contributed by atoms with E-state index >= 15 is 0 Å². The first-order chi connectivity index (χ1) is 11.3. The van der Waals surface area contributed by atoms with Crippen LogP contribution < -0.4 is 0 Å². The number of halogens is 3. The molecule has 0 amide bonds. The summed E-state index contributed by atoms with van der Waals surface area (Å²) >= 11 is 9.24. The quantitative estimate of drug-likeness (QED) is 0.300. The highest BCUT2D eigenvalue weighted by atomic mass is 35.5. The van der Waals surface area contributed by atoms with Gasteiger partial charge in [-0.1, -0.05) is 11.8 Å². The molecule has 0 aliphatic heterocycles. The lowest BCUT2D eigenvalue weighted by atomic mass is 10.2. The fraction of sp³-hybridized carbons (Fsp3) is 0.312. The number of nitrogens with one attached hydrogen (secondary N) is 1. The van der Waals surface area contributed by atoms with Crippen LogP contribution in [0.5, 0.6) is 0 Å². The van der Waals surface area contributed by atoms with Crippen LogP contribution in [0.3, 0.4) is 0 Å². The second-order valence-electron chi connectivity index (χ2n) is 4.98. The van der Waals surface area contributed by atoms with E-state index in [0.29, 0.717) is 5.88 Å². The third-order valence-electron chi connectivity index (χ3n) is 3.38. The molecule has 3 rings (SSSR count). The van der Waals surface area contributed by atoms with E-state index in [4.69, 9.17) is 11.6 Å². The fourth-order valence-corrected chi connectivity index (χ4v) is 4.32. The average Bonchev–Trinajstić information content (AvgIpc) is 2.98. The van der Waals surface area contributed by atoms with Crippen LogP contribution in [0, 0.1) is 6.92 Å². The van der Waals surface area contributed by atoms with Crippen LogP contribution in [0.15, 0.2) is 40.6 Å². The largest absolute Gasteiger partial charge is 0.332 e. The molecule has 0 bridgehead atoms. The van der Waals surface area contributed by atoms with Crippen molar-refractivity contribution >= 4 is 71.1 Å². The van der Waals surface area contributed by atoms with Gasteiger partial charge in [0.2, 0.25) is 0 Å². The molecule has 0 atom stereocenters. The Morgan fingerprint density at radius 3 is 2.72 bits per heavy atom. The van der Waals surface area contributed by atoms with Gasteiger partial charge in [-0.3, -0.25) is 4.98 Å². The van der Waals surface area contributed by atoms with Crippen molar-refractivity contribution in [2.45, 2.75) is 29.1 Å². The van der Waals surface area contributed by atoms with Crippen molar-refractivity contribution in [3.63, 3.8) is 0 Å². The third kappa shape index (κ3) is 5.93. The lowest BCUT2D eigenvalue weighted by Crippen LogP contribution is -1.95. The first-order valence-corrected chi connectivity index (χ1v) is 9.85. The molecule has 0 radical (unpaired) electrons. The summed E-state index contributed by atoms with van der Waals surface area (Å²) in [5.41, 5.74) is 4.06. The van der Waals surface area contributed by atoms with Gasteiger partial charge in [0.25, 0.3) is 0 Å². The Kier molecular flexibility index (Phi) is 9.97. The van der Waals surface area contributed by atoms with Gasteiger partial charge in [0, 0.05) is 28.9 Å². The van der Waals surface area contributed by atoms with E-state index in [1.54, 1.807) is 18.0 Å². The summed E-state index contributed by atoms with van der Waals surface area (Å²) in [6.07, 6.45) is 4.65. The molecule has 9 heteroatoms. The summed E-state index contributed by atoms with van der Waals surface area (Å²) < 4.78 is 0. The van der Waals surface area contributed by atoms with E-state index in [0.717, 1.165) is 39.9 Å². The second-order valence-corrected chi connectivity index (χ2v) is 7.46. The number of imidazole rings is 1. The molecule has 1 N–H and O–H groups in total. The first kappa shape index (κ1) is 22.4. The van der Waals surface area contributed by atoms with Crippen LogP contribution in [-0.2, 0) is 5.75 Å². The van der Waals surface area contributed by atoms with E-state index in [-0.39, 0.29) is 24.8 Å². The van der Waals surface area contributed by atoms with E-state index in [1.807, 2.05) is 30.1 Å². The van der Waals surface area contributed by atoms with Crippen molar-refractivity contribution in [1.29, 1.82) is 0 Å². The number of hydrogen-bond donors (Lipinski definition) is 1. The Bertz CT molecular complexity index is 765. The molecule has 25 heavy (non-hydrogen) atoms. The van der Waals surface area contributed by atoms with E-state index < -0.39 is 0 Å². The highest BCUT2D eigenvalue weighted by Crippen LogP contribution is 2.28. The van der Waals surface area contributed by atoms with Crippen molar-refractivity contribution < 1.29 is 0 Å². The predicted molar refractivity (Wildman–Crippen MR) is 113 cm³/mol. The van der Waals surface area contributed by atoms with E-state index in [1.165, 1.54) is 10.5 Å². The zero-order chi connectivity index (χ0) is 16.1. The summed E-state index contributed by atoms with van der Waals surface area (Å²) in [5.74, 6) is 2.53. The summed E-state index contributed by atoms with van der Waals surface area (Å²) in [6, 6.07) is 5.97. The van der Waals surface area contributed by atoms with Gasteiger partial charge < -0.3 is 4.98 Å². The number of pyridine rings is 2. The number of rotatable bonds is 7. The monoisotopic (exact) mass is 436 g/mol. The van der Waals surface area contributed by atoms with Crippen LogP contribution in [0.2, 0.25) is 0 Å². The maximum Gasteiger partial charge on any atom is 0.178 e. The lowest BCUT2D eigenvalue weighted by Gasteiger charge is -2.09. The maximum absolute atomic E-state index is 5.75. The summed E-state index contributed by atoms with van der Waals surface area (Å²) in [6.45, 7) is 2.13. The minimum atomic E-state index is 0. The van der Waals surface area contributed by atoms with Crippen molar-refractivity contribution in [2.75, 3.05) is 11.6 Å². The number of aromatic amines is 1. The van der Waals surface area contributed by atoms with Crippen LogP contribution in [0.4, 0.5) is 0 Å². The van der Waals surface area contributed by atoms with Gasteiger partial charge in [0.05, 0.1) is 11.2 Å². The molecule has 0 aromatic carbocycles. The van der Waals surface area contributed by atoms with Crippen molar-refractivity contribution in [1.82, 2.24) is 19.9 Å². The lowest BCUT2D eigenvalue weighted by molar-refractivity contribution is 1.04. The number of aromatic nitrogens is 4. The van der Waals surface area contributed by atoms with E-state index in [9.17, 15) is 0 Å². The zero-order valence-corrected chi connectivity index (χ0v) is 17.6. The van der Waals surface area contributed by atoms with Crippen LogP contribution >= 0.6 is 59.9 Å². The number of nitrogens with zero attached hydrogens (tertiary/aromatic N) is 3. The summed E-state index contributed by atoms with van der Waals surface area (Å²) in [7, 11) is 0. The molecule has 3 heterocycles. The average molecular weight is 438 g/mol. The summed E-state index contributed by atoms with van der Waals surface area (Å²) in [4.78, 5) is 17.8. The zero-order valence-electron chi connectivity index (χ0n) is 13.6. The molecular formula is C16H19Cl3N4S2. The minimum Gasteiger partial charge on any atom is -0.332 e. The standard InChI is InChI=1S/C16H17ClN4S2.2ClH/c1-11-13(18-8-5-14(11)22-9-3-6-17)10-23-16-20-12-4-2-7-19-15(12)21-16;;/h2,4-5,7-8H,3,6,9-10H2,1H3,(H,19,20,21);2*1H. The normalized spacial score (nSPS) is 10.3. The Hall–Kier alpha value is -0.660. The smallest absolute Gasteiger partial charge is 0.178 e. The molecular weight excluding hydrogens is 419 g/mol. The Balaban J connectivity index is 0.00000156. The van der Waals surface area contributed by atoms with Crippen molar-refractivity contribution in [3.05, 3.63) is 41.9 Å². The highest BCUT2D eigenvalue weighted by Gasteiger charge is 2.09. The number of thioether (sulfide) groups is 2. The molecule has 0 saturated heterocycles. The number of hydrogen-bond acceptors (Lipinski definition) is 5. The fourth-order valence-electron chi connectivity index (χ4n) is 2.13. The number of alkyl halides is 1. The Morgan fingerprint density at radius 1 is 1.12 bits per heavy atom. The highest BCUT2D eigenvalue weighted by molar-refractivity contribution is 7.99. The Morgan fingerprint density at radius 2 is 1.96 bits per heavy atom. The van der Waals surface area contributed by atoms with Crippen LogP contribution in [0.25, 0.3) is 11.2 Å². The van der Waals surface area contributed by atoms with Gasteiger partial charge in [-0.2, -0.15) is 0 Å². The van der Waals surface area contributed by atoms with Crippen LogP contribution in [-0.4, -0.2) is 31.6 Å². The topological polar surface area (TPSA) is 54.5 Å². The SMILES string of the molecule is Cc1c(SCCCCl)ccnc1CSc1nc2ncccc2[nH]1.Cl.Cl. The molecule has 0 unspecified atom stereocenters. The van der Waals surface area contributed by atoms with Crippen molar-refractivity contribution in [2.24, 2.45) is 0 Å². The molecule has 4 nitrogen and oxygen atoms in total. The van der Waals surface area contributed by atoms with Gasteiger partial charge in [-0.25, -0.2) is 9.97 Å². The third-order valence-corrected chi connectivity index (χ3v) is 5.77. The number of H-pyrrole nitrogens is 1. The first-order valence-electron chi connectivity index (χ1n) is 7.34. The predicted octanol–water partition coefficient (Wildman–Crippen LogP) is 5.52. The molecule has 0 fully saturated rings. The van der Waals surface area contributed by atoms with Gasteiger partial charge in [-0.05, 0) is 42.9 Å². The molecule has 3 aromatic heterocycles. The van der Waals surface area contributed by atoms with Gasteiger partial charge in [0.1, 0.15) is 0 Å².